The minimum Gasteiger partial charge on any atom is -0.383 e. The van der Waals surface area contributed by atoms with Gasteiger partial charge in [-0.15, -0.1) is 0 Å². The van der Waals surface area contributed by atoms with E-state index in [1.165, 1.54) is 7.11 Å². The number of aliphatic hydroxyl groups excluding tert-OH is 1. The number of rotatable bonds is 6. The zero-order valence-corrected chi connectivity index (χ0v) is 10.1. The first kappa shape index (κ1) is 14.9. The predicted molar refractivity (Wildman–Crippen MR) is 54.7 cm³/mol. The Kier molecular flexibility index (Phi) is 5.09. The second kappa shape index (κ2) is 6.14. The molecule has 0 saturated carbocycles. The lowest BCUT2D eigenvalue weighted by molar-refractivity contribution is -0.204. The van der Waals surface area contributed by atoms with E-state index in [0.29, 0.717) is 6.42 Å². The molecule has 2 unspecified atom stereocenters. The molecule has 0 amide bonds. The Bertz CT molecular complexity index is 367. The molecule has 0 radical (unpaired) electrons. The number of methoxy groups -OCH3 is 1. The standard InChI is InChI=1S/C10H15F3N2O3/c1-3-4-6(17-2)9-14-8(18-15-9)5-7(16)10(11,12)13/h6-7,16H,3-5H2,1-2H3. The molecule has 1 rings (SSSR count). The molecule has 0 fully saturated rings. The van der Waals surface area contributed by atoms with Crippen molar-refractivity contribution in [1.29, 1.82) is 0 Å². The average Bonchev–Trinajstić information content (AvgIpc) is 2.73. The fourth-order valence-corrected chi connectivity index (χ4v) is 1.38. The van der Waals surface area contributed by atoms with Gasteiger partial charge in [0.25, 0.3) is 0 Å². The normalized spacial score (nSPS) is 15.7. The number of alkyl halides is 3. The molecule has 1 N–H and O–H groups in total. The summed E-state index contributed by atoms with van der Waals surface area (Å²) >= 11 is 0. The number of hydrogen-bond acceptors (Lipinski definition) is 5. The quantitative estimate of drug-likeness (QED) is 0.854. The topological polar surface area (TPSA) is 68.4 Å². The lowest BCUT2D eigenvalue weighted by Gasteiger charge is -2.11. The van der Waals surface area contributed by atoms with Crippen LogP contribution in [0.15, 0.2) is 4.52 Å². The van der Waals surface area contributed by atoms with Crippen LogP contribution in [0.25, 0.3) is 0 Å². The van der Waals surface area contributed by atoms with Crippen LogP contribution in [0, 0.1) is 0 Å². The van der Waals surface area contributed by atoms with Crippen molar-refractivity contribution in [2.75, 3.05) is 7.11 Å². The molecular weight excluding hydrogens is 253 g/mol. The minimum atomic E-state index is -4.70. The fourth-order valence-electron chi connectivity index (χ4n) is 1.38. The van der Waals surface area contributed by atoms with E-state index in [4.69, 9.17) is 9.84 Å². The van der Waals surface area contributed by atoms with Crippen LogP contribution in [-0.2, 0) is 11.2 Å². The number of ether oxygens (including phenoxy) is 1. The summed E-state index contributed by atoms with van der Waals surface area (Å²) in [5.74, 6) is -0.0586. The van der Waals surface area contributed by atoms with Crippen molar-refractivity contribution < 1.29 is 27.5 Å². The number of halogens is 3. The molecule has 0 aliphatic heterocycles. The van der Waals surface area contributed by atoms with Gasteiger partial charge in [-0.2, -0.15) is 18.2 Å². The van der Waals surface area contributed by atoms with Gasteiger partial charge in [0, 0.05) is 7.11 Å². The molecule has 1 aromatic heterocycles. The Morgan fingerprint density at radius 1 is 1.44 bits per heavy atom. The molecule has 2 atom stereocenters. The highest BCUT2D eigenvalue weighted by molar-refractivity contribution is 4.93. The van der Waals surface area contributed by atoms with Crippen LogP contribution in [0.1, 0.15) is 37.6 Å². The van der Waals surface area contributed by atoms with Gasteiger partial charge in [0.2, 0.25) is 11.7 Å². The Balaban J connectivity index is 2.68. The lowest BCUT2D eigenvalue weighted by Crippen LogP contribution is -2.30. The van der Waals surface area contributed by atoms with Gasteiger partial charge in [0.15, 0.2) is 6.10 Å². The molecule has 0 spiro atoms. The maximum absolute atomic E-state index is 12.1. The number of hydrogen-bond donors (Lipinski definition) is 1. The highest BCUT2D eigenvalue weighted by atomic mass is 19.4. The number of aromatic nitrogens is 2. The van der Waals surface area contributed by atoms with Crippen molar-refractivity contribution >= 4 is 0 Å². The summed E-state index contributed by atoms with van der Waals surface area (Å²) in [5, 5.41) is 12.4. The summed E-state index contributed by atoms with van der Waals surface area (Å²) in [7, 11) is 1.46. The molecule has 1 aromatic rings. The van der Waals surface area contributed by atoms with Crippen LogP contribution in [0.5, 0.6) is 0 Å². The molecule has 0 aliphatic rings. The van der Waals surface area contributed by atoms with E-state index in [9.17, 15) is 13.2 Å². The third-order valence-electron chi connectivity index (χ3n) is 2.35. The van der Waals surface area contributed by atoms with Crippen molar-refractivity contribution in [1.82, 2.24) is 10.1 Å². The van der Waals surface area contributed by atoms with E-state index in [-0.39, 0.29) is 11.7 Å². The second-order valence-corrected chi connectivity index (χ2v) is 3.82. The van der Waals surface area contributed by atoms with Gasteiger partial charge in [-0.3, -0.25) is 0 Å². The Morgan fingerprint density at radius 3 is 2.61 bits per heavy atom. The van der Waals surface area contributed by atoms with Crippen LogP contribution in [0.3, 0.4) is 0 Å². The van der Waals surface area contributed by atoms with Gasteiger partial charge < -0.3 is 14.4 Å². The lowest BCUT2D eigenvalue weighted by atomic mass is 10.2. The van der Waals surface area contributed by atoms with Gasteiger partial charge in [-0.05, 0) is 6.42 Å². The van der Waals surface area contributed by atoms with E-state index < -0.39 is 24.8 Å². The SMILES string of the molecule is CCCC(OC)c1noc(CC(O)C(F)(F)F)n1. The minimum absolute atomic E-state index is 0.198. The van der Waals surface area contributed by atoms with Crippen LogP contribution < -0.4 is 0 Å². The monoisotopic (exact) mass is 268 g/mol. The van der Waals surface area contributed by atoms with Crippen molar-refractivity contribution in [3.8, 4) is 0 Å². The van der Waals surface area contributed by atoms with Gasteiger partial charge in [0.1, 0.15) is 6.10 Å². The largest absolute Gasteiger partial charge is 0.414 e. The summed E-state index contributed by atoms with van der Waals surface area (Å²) in [5.41, 5.74) is 0. The molecule has 8 heteroatoms. The van der Waals surface area contributed by atoms with Gasteiger partial charge >= 0.3 is 6.18 Å². The highest BCUT2D eigenvalue weighted by Crippen LogP contribution is 2.24. The molecule has 0 aromatic carbocycles. The third-order valence-corrected chi connectivity index (χ3v) is 2.35. The summed E-state index contributed by atoms with van der Waals surface area (Å²) in [6.07, 6.45) is -6.91. The Labute approximate surface area is 102 Å². The van der Waals surface area contributed by atoms with Crippen LogP contribution in [-0.4, -0.2) is 34.6 Å². The molecule has 0 bridgehead atoms. The van der Waals surface area contributed by atoms with Crippen LogP contribution in [0.2, 0.25) is 0 Å². The molecule has 0 aliphatic carbocycles. The smallest absolute Gasteiger partial charge is 0.383 e. The fraction of sp³-hybridized carbons (Fsp3) is 0.800. The maximum atomic E-state index is 12.1. The van der Waals surface area contributed by atoms with Crippen LogP contribution in [0.4, 0.5) is 13.2 Å². The zero-order chi connectivity index (χ0) is 13.8. The van der Waals surface area contributed by atoms with E-state index >= 15 is 0 Å². The molecule has 0 saturated heterocycles. The van der Waals surface area contributed by atoms with Gasteiger partial charge in [0.05, 0.1) is 6.42 Å². The molecule has 104 valence electrons. The summed E-state index contributed by atoms with van der Waals surface area (Å²) < 4.78 is 46.1. The molecule has 18 heavy (non-hydrogen) atoms. The Morgan fingerprint density at radius 2 is 2.11 bits per heavy atom. The Hall–Kier alpha value is -1.15. The zero-order valence-electron chi connectivity index (χ0n) is 10.1. The first-order chi connectivity index (χ1) is 8.38. The average molecular weight is 268 g/mol. The number of aliphatic hydroxyl groups is 1. The van der Waals surface area contributed by atoms with E-state index in [2.05, 4.69) is 14.7 Å². The van der Waals surface area contributed by atoms with Gasteiger partial charge in [-0.25, -0.2) is 0 Å². The highest BCUT2D eigenvalue weighted by Gasteiger charge is 2.39. The maximum Gasteiger partial charge on any atom is 0.414 e. The van der Waals surface area contributed by atoms with Gasteiger partial charge in [-0.1, -0.05) is 18.5 Å². The van der Waals surface area contributed by atoms with Crippen LogP contribution >= 0.6 is 0 Å². The van der Waals surface area contributed by atoms with Crippen molar-refractivity contribution in [2.24, 2.45) is 0 Å². The molecular formula is C10H15F3N2O3. The van der Waals surface area contributed by atoms with E-state index in [0.717, 1.165) is 6.42 Å². The van der Waals surface area contributed by atoms with Crippen molar-refractivity contribution in [3.05, 3.63) is 11.7 Å². The van der Waals surface area contributed by atoms with Crippen molar-refractivity contribution in [2.45, 2.75) is 44.6 Å². The summed E-state index contributed by atoms with van der Waals surface area (Å²) in [4.78, 5) is 3.79. The predicted octanol–water partition coefficient (Wildman–Crippen LogP) is 2.02. The molecule has 5 nitrogen and oxygen atoms in total. The van der Waals surface area contributed by atoms with E-state index in [1.807, 2.05) is 6.92 Å². The second-order valence-electron chi connectivity index (χ2n) is 3.82. The first-order valence-electron chi connectivity index (χ1n) is 5.48. The summed E-state index contributed by atoms with van der Waals surface area (Å²) in [6.45, 7) is 1.93. The molecule has 1 heterocycles. The summed E-state index contributed by atoms with van der Waals surface area (Å²) in [6, 6.07) is 0. The first-order valence-corrected chi connectivity index (χ1v) is 5.48. The number of nitrogens with zero attached hydrogens (tertiary/aromatic N) is 2. The van der Waals surface area contributed by atoms with Crippen molar-refractivity contribution in [3.63, 3.8) is 0 Å². The van der Waals surface area contributed by atoms with E-state index in [1.54, 1.807) is 0 Å². The third kappa shape index (κ3) is 3.95.